The van der Waals surface area contributed by atoms with Crippen molar-refractivity contribution in [2.24, 2.45) is 0 Å². The summed E-state index contributed by atoms with van der Waals surface area (Å²) in [6.07, 6.45) is 1.22. The van der Waals surface area contributed by atoms with Crippen LogP contribution in [-0.4, -0.2) is 33.5 Å². The lowest BCUT2D eigenvalue weighted by atomic mass is 10.1. The van der Waals surface area contributed by atoms with Crippen LogP contribution in [-0.2, 0) is 17.9 Å². The fourth-order valence-electron chi connectivity index (χ4n) is 2.63. The van der Waals surface area contributed by atoms with Gasteiger partial charge in [-0.1, -0.05) is 6.07 Å². The molecule has 9 heteroatoms. The van der Waals surface area contributed by atoms with Crippen molar-refractivity contribution in [3.8, 4) is 0 Å². The number of rotatable bonds is 8. The van der Waals surface area contributed by atoms with Crippen LogP contribution in [0.3, 0.4) is 0 Å². The van der Waals surface area contributed by atoms with E-state index in [0.29, 0.717) is 30.2 Å². The summed E-state index contributed by atoms with van der Waals surface area (Å²) >= 11 is 0. The lowest BCUT2D eigenvalue weighted by Crippen LogP contribution is -2.27. The summed E-state index contributed by atoms with van der Waals surface area (Å²) in [6.45, 7) is 7.00. The number of aromatic nitrogens is 2. The van der Waals surface area contributed by atoms with E-state index in [9.17, 15) is 19.3 Å². The Morgan fingerprint density at radius 1 is 1.38 bits per heavy atom. The molecule has 1 heterocycles. The Morgan fingerprint density at radius 2 is 2.08 bits per heavy atom. The minimum absolute atomic E-state index is 0.0906. The number of imidazole rings is 1. The van der Waals surface area contributed by atoms with Gasteiger partial charge in [0.1, 0.15) is 18.6 Å². The molecule has 1 N–H and O–H groups in total. The molecule has 0 aliphatic heterocycles. The largest absolute Gasteiger partial charge is 0.381 e. The molecule has 26 heavy (non-hydrogen) atoms. The van der Waals surface area contributed by atoms with Gasteiger partial charge in [-0.05, 0) is 41.5 Å². The Kier molecular flexibility index (Phi) is 6.26. The molecule has 0 aliphatic rings. The highest BCUT2D eigenvalue weighted by atomic mass is 19.1. The van der Waals surface area contributed by atoms with Crippen LogP contribution >= 0.6 is 0 Å². The normalized spacial score (nSPS) is 10.6. The molecular weight excluding hydrogens is 341 g/mol. The monoisotopic (exact) mass is 363 g/mol. The Hall–Kier alpha value is -2.97. The van der Waals surface area contributed by atoms with Crippen molar-refractivity contribution in [3.05, 3.63) is 51.7 Å². The quantitative estimate of drug-likeness (QED) is 0.574. The SMILES string of the molecule is CCN(CC)c1ccc(CNC(=O)Cn2cc([N+](=O)[O-])nc2C)cc1F. The van der Waals surface area contributed by atoms with E-state index in [4.69, 9.17) is 0 Å². The first-order valence-electron chi connectivity index (χ1n) is 8.33. The van der Waals surface area contributed by atoms with Crippen LogP contribution in [0, 0.1) is 22.9 Å². The summed E-state index contributed by atoms with van der Waals surface area (Å²) in [4.78, 5) is 27.8. The maximum Gasteiger partial charge on any atom is 0.381 e. The number of halogens is 1. The van der Waals surface area contributed by atoms with E-state index in [2.05, 4.69) is 10.3 Å². The van der Waals surface area contributed by atoms with E-state index in [-0.39, 0.29) is 30.6 Å². The number of carbonyl (C=O) groups is 1. The first kappa shape index (κ1) is 19.4. The van der Waals surface area contributed by atoms with Crippen molar-refractivity contribution in [2.45, 2.75) is 33.9 Å². The highest BCUT2D eigenvalue weighted by Gasteiger charge is 2.17. The second-order valence-electron chi connectivity index (χ2n) is 5.77. The van der Waals surface area contributed by atoms with Gasteiger partial charge in [0.15, 0.2) is 0 Å². The lowest BCUT2D eigenvalue weighted by Gasteiger charge is -2.22. The van der Waals surface area contributed by atoms with Crippen molar-refractivity contribution < 1.29 is 14.1 Å². The fraction of sp³-hybridized carbons (Fsp3) is 0.412. The second-order valence-corrected chi connectivity index (χ2v) is 5.77. The Morgan fingerprint density at radius 3 is 2.62 bits per heavy atom. The predicted octanol–water partition coefficient (Wildman–Crippen LogP) is 2.40. The van der Waals surface area contributed by atoms with E-state index in [1.54, 1.807) is 19.1 Å². The summed E-state index contributed by atoms with van der Waals surface area (Å²) in [6, 6.07) is 4.87. The van der Waals surface area contributed by atoms with Crippen LogP contribution in [0.15, 0.2) is 24.4 Å². The molecule has 0 fully saturated rings. The van der Waals surface area contributed by atoms with E-state index < -0.39 is 4.92 Å². The average Bonchev–Trinajstić information content (AvgIpc) is 2.96. The molecule has 0 bridgehead atoms. The number of benzene rings is 1. The fourth-order valence-corrected chi connectivity index (χ4v) is 2.63. The van der Waals surface area contributed by atoms with E-state index in [1.165, 1.54) is 16.8 Å². The Bertz CT molecular complexity index is 802. The Balaban J connectivity index is 1.97. The van der Waals surface area contributed by atoms with Gasteiger partial charge in [-0.25, -0.2) is 4.39 Å². The summed E-state index contributed by atoms with van der Waals surface area (Å²) in [5, 5.41) is 13.4. The number of aryl methyl sites for hydroxylation is 1. The first-order valence-corrected chi connectivity index (χ1v) is 8.33. The number of nitro groups is 1. The zero-order chi connectivity index (χ0) is 19.3. The van der Waals surface area contributed by atoms with Crippen molar-refractivity contribution in [3.63, 3.8) is 0 Å². The molecule has 0 saturated heterocycles. The number of anilines is 1. The standard InChI is InChI=1S/C17H22FN5O3/c1-4-21(5-2)15-7-6-13(8-14(15)18)9-19-17(24)11-22-10-16(23(25)26)20-12(22)3/h6-8,10H,4-5,9,11H2,1-3H3,(H,19,24). The maximum absolute atomic E-state index is 14.2. The molecule has 0 unspecified atom stereocenters. The van der Waals surface area contributed by atoms with Gasteiger partial charge < -0.3 is 20.3 Å². The zero-order valence-electron chi connectivity index (χ0n) is 15.0. The number of carbonyl (C=O) groups excluding carboxylic acids is 1. The smallest absolute Gasteiger partial charge is 0.370 e. The third kappa shape index (κ3) is 4.56. The predicted molar refractivity (Wildman–Crippen MR) is 95.4 cm³/mol. The van der Waals surface area contributed by atoms with E-state index in [1.807, 2.05) is 18.7 Å². The van der Waals surface area contributed by atoms with Gasteiger partial charge in [-0.3, -0.25) is 9.36 Å². The minimum Gasteiger partial charge on any atom is -0.370 e. The lowest BCUT2D eigenvalue weighted by molar-refractivity contribution is -0.389. The highest BCUT2D eigenvalue weighted by Crippen LogP contribution is 2.20. The Labute approximate surface area is 150 Å². The maximum atomic E-state index is 14.2. The molecule has 1 aromatic heterocycles. The molecule has 0 radical (unpaired) electrons. The average molecular weight is 363 g/mol. The molecule has 0 spiro atoms. The van der Waals surface area contributed by atoms with Crippen LogP contribution < -0.4 is 10.2 Å². The van der Waals surface area contributed by atoms with Crippen molar-refractivity contribution in [2.75, 3.05) is 18.0 Å². The molecule has 0 aliphatic carbocycles. The van der Waals surface area contributed by atoms with Crippen LogP contribution in [0.5, 0.6) is 0 Å². The molecule has 0 atom stereocenters. The molecule has 1 amide bonds. The molecule has 0 saturated carbocycles. The van der Waals surface area contributed by atoms with Crippen LogP contribution in [0.25, 0.3) is 0 Å². The summed E-state index contributed by atoms with van der Waals surface area (Å²) in [5.41, 5.74) is 1.17. The topological polar surface area (TPSA) is 93.3 Å². The van der Waals surface area contributed by atoms with Gasteiger partial charge >= 0.3 is 5.82 Å². The minimum atomic E-state index is -0.609. The van der Waals surface area contributed by atoms with Crippen LogP contribution in [0.4, 0.5) is 15.9 Å². The third-order valence-corrected chi connectivity index (χ3v) is 4.07. The van der Waals surface area contributed by atoms with Gasteiger partial charge in [0.2, 0.25) is 11.7 Å². The van der Waals surface area contributed by atoms with Gasteiger partial charge in [0, 0.05) is 26.6 Å². The zero-order valence-corrected chi connectivity index (χ0v) is 15.0. The third-order valence-electron chi connectivity index (χ3n) is 4.07. The molecule has 8 nitrogen and oxygen atoms in total. The second kappa shape index (κ2) is 8.41. The summed E-state index contributed by atoms with van der Waals surface area (Å²) < 4.78 is 15.6. The van der Waals surface area contributed by atoms with Crippen molar-refractivity contribution >= 4 is 17.4 Å². The molecule has 2 aromatic rings. The van der Waals surface area contributed by atoms with E-state index >= 15 is 0 Å². The number of hydrogen-bond donors (Lipinski definition) is 1. The van der Waals surface area contributed by atoms with Gasteiger partial charge in [0.05, 0.1) is 5.69 Å². The number of hydrogen-bond acceptors (Lipinski definition) is 5. The highest BCUT2D eigenvalue weighted by molar-refractivity contribution is 5.75. The molecular formula is C17H22FN5O3. The number of amides is 1. The van der Waals surface area contributed by atoms with Crippen LogP contribution in [0.1, 0.15) is 25.2 Å². The number of nitrogens with one attached hydrogen (secondary N) is 1. The van der Waals surface area contributed by atoms with Crippen molar-refractivity contribution in [1.82, 2.24) is 14.9 Å². The molecule has 2 rings (SSSR count). The number of nitrogens with zero attached hydrogens (tertiary/aromatic N) is 4. The molecule has 140 valence electrons. The first-order chi connectivity index (χ1) is 12.3. The van der Waals surface area contributed by atoms with Gasteiger partial charge in [0.25, 0.3) is 0 Å². The van der Waals surface area contributed by atoms with Crippen LogP contribution in [0.2, 0.25) is 0 Å². The van der Waals surface area contributed by atoms with E-state index in [0.717, 1.165) is 0 Å². The van der Waals surface area contributed by atoms with Gasteiger partial charge in [-0.2, -0.15) is 0 Å². The molecule has 1 aromatic carbocycles. The summed E-state index contributed by atoms with van der Waals surface area (Å²) in [5.74, 6) is -0.596. The van der Waals surface area contributed by atoms with Crippen molar-refractivity contribution in [1.29, 1.82) is 0 Å². The summed E-state index contributed by atoms with van der Waals surface area (Å²) in [7, 11) is 0. The van der Waals surface area contributed by atoms with Gasteiger partial charge in [-0.15, -0.1) is 0 Å².